The zero-order valence-electron chi connectivity index (χ0n) is 7.47. The molecule has 0 aromatic carbocycles. The van der Waals surface area contributed by atoms with Gasteiger partial charge in [0.1, 0.15) is 0 Å². The lowest BCUT2D eigenvalue weighted by Gasteiger charge is -1.97. The average Bonchev–Trinajstić information content (AvgIpc) is 2.47. The molecule has 0 aliphatic rings. The van der Waals surface area contributed by atoms with Crippen LogP contribution >= 0.6 is 0 Å². The van der Waals surface area contributed by atoms with Crippen LogP contribution in [-0.2, 0) is 16.6 Å². The predicted octanol–water partition coefficient (Wildman–Crippen LogP) is 0.331. The lowest BCUT2D eigenvalue weighted by Crippen LogP contribution is -2.12. The standard InChI is InChI=1S/C7H13N3O2S/c1-2-3-4-10-5-7(9-6-10)13(8,11)12/h5-6H,2-4H2,1H3,(H2,8,11,12). The van der Waals surface area contributed by atoms with Crippen LogP contribution in [0.1, 0.15) is 19.8 Å². The van der Waals surface area contributed by atoms with E-state index in [1.165, 1.54) is 12.5 Å². The second-order valence-electron chi connectivity index (χ2n) is 2.85. The Labute approximate surface area is 77.6 Å². The van der Waals surface area contributed by atoms with Crippen LogP contribution in [0.5, 0.6) is 0 Å². The fourth-order valence-electron chi connectivity index (χ4n) is 0.949. The van der Waals surface area contributed by atoms with Gasteiger partial charge in [-0.05, 0) is 6.42 Å². The molecule has 74 valence electrons. The molecule has 1 rings (SSSR count). The molecule has 0 aliphatic carbocycles. The Balaban J connectivity index is 2.76. The zero-order chi connectivity index (χ0) is 9.90. The van der Waals surface area contributed by atoms with E-state index in [-0.39, 0.29) is 5.03 Å². The summed E-state index contributed by atoms with van der Waals surface area (Å²) in [6.07, 6.45) is 4.99. The molecule has 13 heavy (non-hydrogen) atoms. The third kappa shape index (κ3) is 2.82. The van der Waals surface area contributed by atoms with Crippen molar-refractivity contribution < 1.29 is 8.42 Å². The number of nitrogens with zero attached hydrogens (tertiary/aromatic N) is 2. The average molecular weight is 203 g/mol. The summed E-state index contributed by atoms with van der Waals surface area (Å²) in [7, 11) is -3.64. The molecule has 1 heterocycles. The highest BCUT2D eigenvalue weighted by atomic mass is 32.2. The molecule has 0 saturated heterocycles. The number of primary sulfonamides is 1. The molecule has 0 bridgehead atoms. The molecule has 0 amide bonds. The first kappa shape index (κ1) is 10.2. The van der Waals surface area contributed by atoms with E-state index in [0.717, 1.165) is 19.4 Å². The van der Waals surface area contributed by atoms with Gasteiger partial charge in [-0.2, -0.15) is 0 Å². The van der Waals surface area contributed by atoms with Crippen LogP contribution in [0.25, 0.3) is 0 Å². The van der Waals surface area contributed by atoms with Crippen molar-refractivity contribution in [3.63, 3.8) is 0 Å². The van der Waals surface area contributed by atoms with Gasteiger partial charge in [0.2, 0.25) is 0 Å². The monoisotopic (exact) mass is 203 g/mol. The van der Waals surface area contributed by atoms with Gasteiger partial charge in [-0.1, -0.05) is 13.3 Å². The van der Waals surface area contributed by atoms with Crippen molar-refractivity contribution >= 4 is 10.0 Å². The molecule has 6 heteroatoms. The molecule has 0 unspecified atom stereocenters. The number of aryl methyl sites for hydroxylation is 1. The second kappa shape index (κ2) is 3.89. The summed E-state index contributed by atoms with van der Waals surface area (Å²) < 4.78 is 23.4. The minimum Gasteiger partial charge on any atom is -0.336 e. The van der Waals surface area contributed by atoms with Crippen LogP contribution in [0.4, 0.5) is 0 Å². The molecular weight excluding hydrogens is 190 g/mol. The number of sulfonamides is 1. The SMILES string of the molecule is CCCCn1cnc(S(N)(=O)=O)c1. The van der Waals surface area contributed by atoms with Crippen molar-refractivity contribution in [1.29, 1.82) is 0 Å². The molecular formula is C7H13N3O2S. The Bertz CT molecular complexity index is 369. The number of hydrogen-bond acceptors (Lipinski definition) is 3. The second-order valence-corrected chi connectivity index (χ2v) is 4.36. The number of nitrogens with two attached hydrogens (primary N) is 1. The lowest BCUT2D eigenvalue weighted by molar-refractivity contribution is 0.593. The van der Waals surface area contributed by atoms with Gasteiger partial charge >= 0.3 is 0 Å². The fraction of sp³-hybridized carbons (Fsp3) is 0.571. The lowest BCUT2D eigenvalue weighted by atomic mass is 10.3. The molecule has 0 aliphatic heterocycles. The molecule has 1 aromatic heterocycles. The fourth-order valence-corrected chi connectivity index (χ4v) is 1.43. The molecule has 0 saturated carbocycles. The smallest absolute Gasteiger partial charge is 0.257 e. The normalized spacial score (nSPS) is 11.8. The van der Waals surface area contributed by atoms with Crippen LogP contribution < -0.4 is 5.14 Å². The summed E-state index contributed by atoms with van der Waals surface area (Å²) in [6.45, 7) is 2.84. The summed E-state index contributed by atoms with van der Waals surface area (Å²) in [5, 5.41) is 4.83. The van der Waals surface area contributed by atoms with Crippen LogP contribution in [0.2, 0.25) is 0 Å². The third-order valence-corrected chi connectivity index (χ3v) is 2.46. The zero-order valence-corrected chi connectivity index (χ0v) is 8.29. The predicted molar refractivity (Wildman–Crippen MR) is 48.5 cm³/mol. The number of imidazole rings is 1. The van der Waals surface area contributed by atoms with Crippen LogP contribution in [0.15, 0.2) is 17.6 Å². The van der Waals surface area contributed by atoms with Gasteiger partial charge < -0.3 is 4.57 Å². The molecule has 5 nitrogen and oxygen atoms in total. The van der Waals surface area contributed by atoms with Crippen molar-refractivity contribution in [2.24, 2.45) is 5.14 Å². The summed E-state index contributed by atoms with van der Waals surface area (Å²) in [6, 6.07) is 0. The highest BCUT2D eigenvalue weighted by Gasteiger charge is 2.10. The van der Waals surface area contributed by atoms with E-state index in [9.17, 15) is 8.42 Å². The maximum absolute atomic E-state index is 10.8. The molecule has 0 radical (unpaired) electrons. The third-order valence-electron chi connectivity index (χ3n) is 1.67. The van der Waals surface area contributed by atoms with Crippen molar-refractivity contribution in [2.75, 3.05) is 0 Å². The van der Waals surface area contributed by atoms with E-state index in [2.05, 4.69) is 11.9 Å². The van der Waals surface area contributed by atoms with Crippen LogP contribution in [0.3, 0.4) is 0 Å². The van der Waals surface area contributed by atoms with Gasteiger partial charge in [-0.15, -0.1) is 0 Å². The largest absolute Gasteiger partial charge is 0.336 e. The van der Waals surface area contributed by atoms with E-state index in [1.54, 1.807) is 4.57 Å². The van der Waals surface area contributed by atoms with Crippen molar-refractivity contribution in [1.82, 2.24) is 9.55 Å². The maximum atomic E-state index is 10.8. The number of rotatable bonds is 4. The van der Waals surface area contributed by atoms with Gasteiger partial charge in [0.15, 0.2) is 5.03 Å². The van der Waals surface area contributed by atoms with Crippen LogP contribution in [0, 0.1) is 0 Å². The number of aromatic nitrogens is 2. The Kier molecular flexibility index (Phi) is 3.05. The molecule has 0 fully saturated rings. The minimum atomic E-state index is -3.64. The Morgan fingerprint density at radius 2 is 2.31 bits per heavy atom. The first-order chi connectivity index (χ1) is 6.04. The van der Waals surface area contributed by atoms with E-state index >= 15 is 0 Å². The topological polar surface area (TPSA) is 78.0 Å². The molecule has 2 N–H and O–H groups in total. The quantitative estimate of drug-likeness (QED) is 0.766. The summed E-state index contributed by atoms with van der Waals surface area (Å²) in [5.41, 5.74) is 0. The first-order valence-corrected chi connectivity index (χ1v) is 5.63. The van der Waals surface area contributed by atoms with Gasteiger partial charge in [0.25, 0.3) is 10.0 Å². The molecule has 1 aromatic rings. The molecule has 0 atom stereocenters. The number of unbranched alkanes of at least 4 members (excludes halogenated alkanes) is 1. The van der Waals surface area contributed by atoms with E-state index in [1.807, 2.05) is 0 Å². The van der Waals surface area contributed by atoms with E-state index < -0.39 is 10.0 Å². The minimum absolute atomic E-state index is 0.0661. The van der Waals surface area contributed by atoms with E-state index in [4.69, 9.17) is 5.14 Å². The highest BCUT2D eigenvalue weighted by Crippen LogP contribution is 2.03. The van der Waals surface area contributed by atoms with Gasteiger partial charge in [-0.25, -0.2) is 18.5 Å². The Morgan fingerprint density at radius 1 is 1.62 bits per heavy atom. The van der Waals surface area contributed by atoms with Crippen LogP contribution in [-0.4, -0.2) is 18.0 Å². The van der Waals surface area contributed by atoms with Gasteiger partial charge in [-0.3, -0.25) is 0 Å². The van der Waals surface area contributed by atoms with E-state index in [0.29, 0.717) is 0 Å². The van der Waals surface area contributed by atoms with Crippen molar-refractivity contribution in [2.45, 2.75) is 31.3 Å². The highest BCUT2D eigenvalue weighted by molar-refractivity contribution is 7.89. The Morgan fingerprint density at radius 3 is 2.77 bits per heavy atom. The summed E-state index contributed by atoms with van der Waals surface area (Å²) in [4.78, 5) is 3.69. The number of hydrogen-bond donors (Lipinski definition) is 1. The van der Waals surface area contributed by atoms with Crippen molar-refractivity contribution in [3.05, 3.63) is 12.5 Å². The summed E-state index contributed by atoms with van der Waals surface area (Å²) in [5.74, 6) is 0. The van der Waals surface area contributed by atoms with Gasteiger partial charge in [0, 0.05) is 12.7 Å². The maximum Gasteiger partial charge on any atom is 0.257 e. The first-order valence-electron chi connectivity index (χ1n) is 4.08. The summed E-state index contributed by atoms with van der Waals surface area (Å²) >= 11 is 0. The Hall–Kier alpha value is -0.880. The molecule has 0 spiro atoms. The van der Waals surface area contributed by atoms with Gasteiger partial charge in [0.05, 0.1) is 6.33 Å². The van der Waals surface area contributed by atoms with Crippen molar-refractivity contribution in [3.8, 4) is 0 Å².